The maximum Gasteiger partial charge on any atom is 0.419 e. The number of nitrogens with one attached hydrogen (secondary N) is 1. The zero-order chi connectivity index (χ0) is 30.5. The van der Waals surface area contributed by atoms with Crippen molar-refractivity contribution in [3.63, 3.8) is 0 Å². The number of alkyl halides is 3. The fraction of sp³-hybridized carbons (Fsp3) is 0.581. The summed E-state index contributed by atoms with van der Waals surface area (Å²) in [7, 11) is 1.61. The van der Waals surface area contributed by atoms with Gasteiger partial charge in [0.2, 0.25) is 0 Å². The van der Waals surface area contributed by atoms with Gasteiger partial charge >= 0.3 is 12.3 Å². The molecule has 228 valence electrons. The molecule has 1 aliphatic rings. The SMILES string of the molecule is COc1ccc(CCCOc2ccc(CCC3(NC(=O)OC(C)(C)C)COC(C)(C)OC3)cc2C(F)(F)F)cc1C. The number of hydrogen-bond donors (Lipinski definition) is 1. The Labute approximate surface area is 240 Å². The van der Waals surface area contributed by atoms with E-state index in [2.05, 4.69) is 5.32 Å². The van der Waals surface area contributed by atoms with Crippen LogP contribution in [0.3, 0.4) is 0 Å². The van der Waals surface area contributed by atoms with Crippen molar-refractivity contribution < 1.29 is 41.7 Å². The van der Waals surface area contributed by atoms with Crippen LogP contribution in [-0.2, 0) is 33.2 Å². The largest absolute Gasteiger partial charge is 0.496 e. The molecule has 1 fully saturated rings. The number of benzene rings is 2. The van der Waals surface area contributed by atoms with Crippen LogP contribution in [0.2, 0.25) is 0 Å². The second kappa shape index (κ2) is 12.9. The van der Waals surface area contributed by atoms with Gasteiger partial charge in [-0.2, -0.15) is 13.2 Å². The molecule has 1 heterocycles. The van der Waals surface area contributed by atoms with Gasteiger partial charge in [0.25, 0.3) is 0 Å². The van der Waals surface area contributed by atoms with Gasteiger partial charge in [0, 0.05) is 0 Å². The van der Waals surface area contributed by atoms with Gasteiger partial charge in [0.15, 0.2) is 5.79 Å². The zero-order valence-electron chi connectivity index (χ0n) is 25.0. The van der Waals surface area contributed by atoms with Crippen molar-refractivity contribution in [2.24, 2.45) is 0 Å². The first kappa shape index (κ1) is 32.5. The van der Waals surface area contributed by atoms with Crippen LogP contribution in [0.5, 0.6) is 11.5 Å². The van der Waals surface area contributed by atoms with Crippen LogP contribution in [0, 0.1) is 6.92 Å². The molecule has 0 saturated carbocycles. The number of amides is 1. The van der Waals surface area contributed by atoms with Gasteiger partial charge in [0.1, 0.15) is 17.1 Å². The third-order valence-corrected chi connectivity index (χ3v) is 6.73. The topological polar surface area (TPSA) is 75.3 Å². The van der Waals surface area contributed by atoms with Crippen molar-refractivity contribution in [1.82, 2.24) is 5.32 Å². The van der Waals surface area contributed by atoms with E-state index in [1.807, 2.05) is 25.1 Å². The molecule has 0 atom stereocenters. The lowest BCUT2D eigenvalue weighted by Gasteiger charge is -2.44. The Morgan fingerprint density at radius 1 is 0.976 bits per heavy atom. The molecule has 0 radical (unpaired) electrons. The van der Waals surface area contributed by atoms with Crippen molar-refractivity contribution in [3.05, 3.63) is 58.7 Å². The average molecular weight is 582 g/mol. The number of ether oxygens (including phenoxy) is 5. The molecule has 0 spiro atoms. The molecule has 2 aromatic rings. The van der Waals surface area contributed by atoms with Crippen LogP contribution in [-0.4, -0.2) is 50.0 Å². The lowest BCUT2D eigenvalue weighted by atomic mass is 9.91. The molecule has 1 aliphatic heterocycles. The minimum atomic E-state index is -4.59. The van der Waals surface area contributed by atoms with Crippen LogP contribution in [0.4, 0.5) is 18.0 Å². The Balaban J connectivity index is 1.67. The Morgan fingerprint density at radius 2 is 1.59 bits per heavy atom. The molecule has 0 bridgehead atoms. The Bertz CT molecular complexity index is 1180. The maximum atomic E-state index is 14.0. The second-order valence-electron chi connectivity index (χ2n) is 12.0. The monoisotopic (exact) mass is 581 g/mol. The summed E-state index contributed by atoms with van der Waals surface area (Å²) >= 11 is 0. The Hall–Kier alpha value is -2.98. The quantitative estimate of drug-likeness (QED) is 0.304. The zero-order valence-corrected chi connectivity index (χ0v) is 25.0. The molecule has 0 aliphatic carbocycles. The third kappa shape index (κ3) is 9.81. The summed E-state index contributed by atoms with van der Waals surface area (Å²) in [5, 5.41) is 2.85. The van der Waals surface area contributed by atoms with Gasteiger partial charge in [-0.05, 0) is 102 Å². The van der Waals surface area contributed by atoms with Crippen LogP contribution >= 0.6 is 0 Å². The molecule has 0 aromatic heterocycles. The highest BCUT2D eigenvalue weighted by atomic mass is 19.4. The standard InChI is InChI=1S/C31H42F3NO6/c1-21-17-22(10-12-25(21)37-7)9-8-16-38-26-13-11-23(18-24(26)31(32,33)34)14-15-30(19-39-29(5,6)40-20-30)35-27(36)41-28(2,3)4/h10-13,17-18H,8-9,14-16,19-20H2,1-7H3,(H,35,36). The molecule has 1 saturated heterocycles. The third-order valence-electron chi connectivity index (χ3n) is 6.73. The summed E-state index contributed by atoms with van der Waals surface area (Å²) < 4.78 is 69.9. The van der Waals surface area contributed by atoms with Crippen molar-refractivity contribution in [2.75, 3.05) is 26.9 Å². The van der Waals surface area contributed by atoms with Gasteiger partial charge in [-0.1, -0.05) is 18.2 Å². The summed E-state index contributed by atoms with van der Waals surface area (Å²) in [6, 6.07) is 9.91. The molecule has 0 unspecified atom stereocenters. The summed E-state index contributed by atoms with van der Waals surface area (Å²) in [5.41, 5.74) is -0.00226. The number of rotatable bonds is 10. The highest BCUT2D eigenvalue weighted by molar-refractivity contribution is 5.69. The highest BCUT2D eigenvalue weighted by Gasteiger charge is 2.42. The molecule has 41 heavy (non-hydrogen) atoms. The molecule has 1 amide bonds. The lowest BCUT2D eigenvalue weighted by molar-refractivity contribution is -0.271. The van der Waals surface area contributed by atoms with E-state index < -0.39 is 34.8 Å². The summed E-state index contributed by atoms with van der Waals surface area (Å²) in [6.45, 7) is 11.1. The maximum absolute atomic E-state index is 14.0. The van der Waals surface area contributed by atoms with Gasteiger partial charge in [0.05, 0.1) is 38.0 Å². The fourth-order valence-corrected chi connectivity index (χ4v) is 4.52. The smallest absolute Gasteiger partial charge is 0.419 e. The fourth-order valence-electron chi connectivity index (χ4n) is 4.52. The highest BCUT2D eigenvalue weighted by Crippen LogP contribution is 2.38. The summed E-state index contributed by atoms with van der Waals surface area (Å²) in [6.07, 6.45) is -3.50. The minimum Gasteiger partial charge on any atom is -0.496 e. The molecule has 2 aromatic carbocycles. The van der Waals surface area contributed by atoms with Crippen LogP contribution < -0.4 is 14.8 Å². The predicted molar refractivity (Wildman–Crippen MR) is 149 cm³/mol. The molecule has 1 N–H and O–H groups in total. The number of carbonyl (C=O) groups excluding carboxylic acids is 1. The first-order chi connectivity index (χ1) is 19.0. The number of methoxy groups -OCH3 is 1. The number of alkyl carbamates (subject to hydrolysis) is 1. The van der Waals surface area contributed by atoms with E-state index in [1.54, 1.807) is 47.8 Å². The number of hydrogen-bond acceptors (Lipinski definition) is 6. The number of halogens is 3. The first-order valence-corrected chi connectivity index (χ1v) is 13.8. The van der Waals surface area contributed by atoms with Gasteiger partial charge in [-0.3, -0.25) is 0 Å². The second-order valence-corrected chi connectivity index (χ2v) is 12.0. The van der Waals surface area contributed by atoms with Crippen LogP contribution in [0.1, 0.15) is 69.7 Å². The molecular formula is C31H42F3NO6. The van der Waals surface area contributed by atoms with Gasteiger partial charge in [-0.15, -0.1) is 0 Å². The van der Waals surface area contributed by atoms with E-state index in [0.29, 0.717) is 18.4 Å². The molecule has 3 rings (SSSR count). The molecular weight excluding hydrogens is 539 g/mol. The average Bonchev–Trinajstić information content (AvgIpc) is 2.86. The summed E-state index contributed by atoms with van der Waals surface area (Å²) in [4.78, 5) is 12.6. The van der Waals surface area contributed by atoms with E-state index in [-0.39, 0.29) is 38.4 Å². The molecule has 10 heteroatoms. The Morgan fingerprint density at radius 3 is 2.15 bits per heavy atom. The molecule has 7 nitrogen and oxygen atoms in total. The van der Waals surface area contributed by atoms with Gasteiger partial charge < -0.3 is 29.0 Å². The van der Waals surface area contributed by atoms with Crippen molar-refractivity contribution >= 4 is 6.09 Å². The normalized spacial score (nSPS) is 16.6. The summed E-state index contributed by atoms with van der Waals surface area (Å²) in [5.74, 6) is -0.257. The van der Waals surface area contributed by atoms with E-state index >= 15 is 0 Å². The van der Waals surface area contributed by atoms with E-state index in [0.717, 1.165) is 22.9 Å². The first-order valence-electron chi connectivity index (χ1n) is 13.8. The van der Waals surface area contributed by atoms with Crippen molar-refractivity contribution in [1.29, 1.82) is 0 Å². The van der Waals surface area contributed by atoms with E-state index in [1.165, 1.54) is 6.07 Å². The number of carbonyl (C=O) groups is 1. The predicted octanol–water partition coefficient (Wildman–Crippen LogP) is 7.01. The van der Waals surface area contributed by atoms with Crippen molar-refractivity contribution in [2.45, 2.75) is 90.3 Å². The van der Waals surface area contributed by atoms with Crippen LogP contribution in [0.15, 0.2) is 36.4 Å². The Kier molecular flexibility index (Phi) is 10.2. The lowest BCUT2D eigenvalue weighted by Crippen LogP contribution is -2.61. The van der Waals surface area contributed by atoms with E-state index in [4.69, 9.17) is 23.7 Å². The minimum absolute atomic E-state index is 0.125. The van der Waals surface area contributed by atoms with Crippen LogP contribution in [0.25, 0.3) is 0 Å². The van der Waals surface area contributed by atoms with E-state index in [9.17, 15) is 18.0 Å². The van der Waals surface area contributed by atoms with Crippen molar-refractivity contribution in [3.8, 4) is 11.5 Å². The number of aryl methyl sites for hydroxylation is 3. The van der Waals surface area contributed by atoms with Gasteiger partial charge in [-0.25, -0.2) is 4.79 Å².